The Kier molecular flexibility index (Phi) is 14.8. The second-order valence-electron chi connectivity index (χ2n) is 5.84. The molecule has 0 bridgehead atoms. The smallest absolute Gasteiger partial charge is 0.256 e. The quantitative estimate of drug-likeness (QED) is 0.106. The van der Waals surface area contributed by atoms with Crippen LogP contribution < -0.4 is 17.2 Å². The van der Waals surface area contributed by atoms with Crippen molar-refractivity contribution in [3.8, 4) is 0 Å². The van der Waals surface area contributed by atoms with Crippen molar-refractivity contribution in [3.05, 3.63) is 21.8 Å². The Bertz CT molecular complexity index is 732. The first kappa shape index (κ1) is 29.9. The second-order valence-corrected chi connectivity index (χ2v) is 9.07. The molecule has 0 fully saturated rings. The first-order chi connectivity index (χ1) is 14.0. The van der Waals surface area contributed by atoms with Crippen molar-refractivity contribution in [2.45, 2.75) is 12.1 Å². The molecule has 11 N–H and O–H groups in total. The van der Waals surface area contributed by atoms with E-state index >= 15 is 0 Å². The molecule has 0 aliphatic heterocycles. The summed E-state index contributed by atoms with van der Waals surface area (Å²) >= 11 is 5.64. The molecule has 1 aromatic carbocycles. The molecule has 0 unspecified atom stereocenters. The summed E-state index contributed by atoms with van der Waals surface area (Å²) in [4.78, 5) is 25.8. The van der Waals surface area contributed by atoms with E-state index in [1.165, 1.54) is 0 Å². The minimum absolute atomic E-state index is 0.0887. The number of nitrogen functional groups attached to an aromatic ring is 1. The Hall–Kier alpha value is -0.0900. The van der Waals surface area contributed by atoms with E-state index in [9.17, 15) is 24.9 Å². The number of hydrogen-bond acceptors (Lipinski definition) is 9. The molecule has 2 amide bonds. The number of hydrogen-bond donors (Lipinski definition) is 8. The van der Waals surface area contributed by atoms with Gasteiger partial charge in [0.15, 0.2) is 0 Å². The summed E-state index contributed by atoms with van der Waals surface area (Å²) in [5.41, 5.74) is 16.9. The van der Waals surface area contributed by atoms with Gasteiger partial charge < -0.3 is 47.6 Å². The predicted octanol–water partition coefficient (Wildman–Crippen LogP) is -1.73. The van der Waals surface area contributed by atoms with Crippen molar-refractivity contribution >= 4 is 85.3 Å². The van der Waals surface area contributed by atoms with Crippen LogP contribution in [0.25, 0.3) is 0 Å². The summed E-state index contributed by atoms with van der Waals surface area (Å²) in [6.07, 6.45) is 0. The number of carbonyl (C=O) groups is 2. The van der Waals surface area contributed by atoms with E-state index in [-0.39, 0.29) is 43.2 Å². The van der Waals surface area contributed by atoms with Crippen molar-refractivity contribution < 1.29 is 35.1 Å². The van der Waals surface area contributed by atoms with Crippen LogP contribution in [0.15, 0.2) is 0 Å². The van der Waals surface area contributed by atoms with Crippen molar-refractivity contribution in [1.82, 2.24) is 4.90 Å². The molecule has 0 saturated carbocycles. The van der Waals surface area contributed by atoms with Crippen LogP contribution in [0.2, 0.25) is 0 Å². The zero-order chi connectivity index (χ0) is 23.6. The Morgan fingerprint density at radius 3 is 1.67 bits per heavy atom. The van der Waals surface area contributed by atoms with E-state index in [4.69, 9.17) is 27.4 Å². The minimum atomic E-state index is -0.881. The van der Waals surface area contributed by atoms with Crippen LogP contribution in [-0.2, 0) is 0 Å². The average molecular weight is 766 g/mol. The van der Waals surface area contributed by atoms with Gasteiger partial charge in [-0.15, -0.1) is 0 Å². The van der Waals surface area contributed by atoms with Crippen LogP contribution in [0.4, 0.5) is 5.69 Å². The van der Waals surface area contributed by atoms with Crippen LogP contribution in [0.1, 0.15) is 20.7 Å². The largest absolute Gasteiger partial charge is 0.397 e. The summed E-state index contributed by atoms with van der Waals surface area (Å²) in [6.45, 7) is -1.67. The first-order valence-corrected chi connectivity index (χ1v) is 11.6. The van der Waals surface area contributed by atoms with Gasteiger partial charge in [-0.2, -0.15) is 0 Å². The minimum Gasteiger partial charge on any atom is -0.397 e. The number of amides is 2. The molecule has 11 nitrogen and oxygen atoms in total. The number of rotatable bonds is 9. The van der Waals surface area contributed by atoms with E-state index in [1.54, 1.807) is 0 Å². The van der Waals surface area contributed by atoms with Crippen LogP contribution in [-0.4, -0.2) is 93.9 Å². The monoisotopic (exact) mass is 766 g/mol. The van der Waals surface area contributed by atoms with Gasteiger partial charge in [-0.3, -0.25) is 9.59 Å². The lowest BCUT2D eigenvalue weighted by Crippen LogP contribution is -2.46. The normalized spacial score (nSPS) is 10.8. The number of nitrogens with two attached hydrogens (primary N) is 3. The third-order valence-corrected chi connectivity index (χ3v) is 7.06. The van der Waals surface area contributed by atoms with Gasteiger partial charge >= 0.3 is 0 Å². The average Bonchev–Trinajstić information content (AvgIpc) is 2.71. The van der Waals surface area contributed by atoms with Crippen LogP contribution in [0.5, 0.6) is 0 Å². The molecule has 0 aliphatic rings. The van der Waals surface area contributed by atoms with Crippen molar-refractivity contribution in [2.75, 3.05) is 45.3 Å². The molecule has 172 valence electrons. The molecule has 0 radical (unpaired) electrons. The maximum absolute atomic E-state index is 12.9. The Morgan fingerprint density at radius 2 is 1.33 bits per heavy atom. The van der Waals surface area contributed by atoms with Crippen LogP contribution in [0, 0.1) is 10.7 Å². The van der Waals surface area contributed by atoms with Gasteiger partial charge in [0, 0.05) is 10.1 Å². The van der Waals surface area contributed by atoms with Gasteiger partial charge in [0.25, 0.3) is 11.8 Å². The Labute approximate surface area is 214 Å². The number of primary amides is 1. The molecule has 1 aromatic rings. The highest BCUT2D eigenvalue weighted by Gasteiger charge is 2.31. The Morgan fingerprint density at radius 1 is 0.867 bits per heavy atom. The topological polar surface area (TPSA) is 217 Å². The number of nitrogens with zero attached hydrogens (tertiary/aromatic N) is 1. The van der Waals surface area contributed by atoms with E-state index in [0.29, 0.717) is 10.7 Å². The highest BCUT2D eigenvalue weighted by molar-refractivity contribution is 14.1. The second kappa shape index (κ2) is 14.9. The zero-order valence-electron chi connectivity index (χ0n) is 15.8. The summed E-state index contributed by atoms with van der Waals surface area (Å²) in [7, 11) is 0. The maximum atomic E-state index is 12.9. The molecule has 14 heteroatoms. The number of carbonyl (C=O) groups excluding carboxylic acids is 2. The van der Waals surface area contributed by atoms with Crippen LogP contribution in [0.3, 0.4) is 0 Å². The van der Waals surface area contributed by atoms with Gasteiger partial charge in [-0.25, -0.2) is 0 Å². The summed E-state index contributed by atoms with van der Waals surface area (Å²) < 4.78 is 1.24. The molecule has 0 spiro atoms. The highest BCUT2D eigenvalue weighted by Crippen LogP contribution is 2.34. The molecular weight excluding hydrogens is 741 g/mol. The zero-order valence-corrected chi connectivity index (χ0v) is 22.2. The first-order valence-electron chi connectivity index (χ1n) is 8.40. The number of benzene rings is 1. The predicted molar refractivity (Wildman–Crippen MR) is 136 cm³/mol. The van der Waals surface area contributed by atoms with E-state index < -0.39 is 37.1 Å². The standard InChI is InChI=1S/C13H16I3N3O5.C3H9NO2/c14-8-6(12(18)23)9(15)11(17)10(16)7(8)13(24)19(1-2-20)5(3-21)4-22;4-3(1-5)2-6/h5,20-22H,1-4,17H2,(H2,18,23);3,5-6H,1-2,4H2. The van der Waals surface area contributed by atoms with E-state index in [2.05, 4.69) is 0 Å². The molecule has 1 rings (SSSR count). The lowest BCUT2D eigenvalue weighted by Gasteiger charge is -2.30. The van der Waals surface area contributed by atoms with E-state index in [0.717, 1.165) is 4.90 Å². The lowest BCUT2D eigenvalue weighted by molar-refractivity contribution is 0.0404. The van der Waals surface area contributed by atoms with E-state index in [1.807, 2.05) is 67.8 Å². The fraction of sp³-hybridized carbons (Fsp3) is 0.500. The van der Waals surface area contributed by atoms with Gasteiger partial charge in [0.2, 0.25) is 0 Å². The molecular formula is C16H25I3N4O7. The SMILES string of the molecule is NC(=O)c1c(I)c(N)c(I)c(C(=O)N(CCO)C(CO)CO)c1I.NC(CO)CO. The maximum Gasteiger partial charge on any atom is 0.256 e. The summed E-state index contributed by atoms with van der Waals surface area (Å²) in [6, 6.07) is -1.33. The highest BCUT2D eigenvalue weighted by atomic mass is 127. The number of aliphatic hydroxyl groups is 5. The van der Waals surface area contributed by atoms with Crippen molar-refractivity contribution in [3.63, 3.8) is 0 Å². The fourth-order valence-electron chi connectivity index (χ4n) is 2.10. The van der Waals surface area contributed by atoms with Gasteiger partial charge in [0.05, 0.1) is 69.1 Å². The summed E-state index contributed by atoms with van der Waals surface area (Å²) in [5, 5.41) is 44.0. The molecule has 0 aromatic heterocycles. The number of anilines is 1. The molecule has 0 heterocycles. The van der Waals surface area contributed by atoms with Crippen molar-refractivity contribution in [2.24, 2.45) is 11.5 Å². The number of aliphatic hydroxyl groups excluding tert-OH is 5. The number of halogens is 3. The molecule has 30 heavy (non-hydrogen) atoms. The lowest BCUT2D eigenvalue weighted by atomic mass is 10.1. The Balaban J connectivity index is 0.00000122. The van der Waals surface area contributed by atoms with Gasteiger partial charge in [0.1, 0.15) is 0 Å². The van der Waals surface area contributed by atoms with Gasteiger partial charge in [-0.05, 0) is 67.8 Å². The molecule has 0 aliphatic carbocycles. The third-order valence-electron chi connectivity index (χ3n) is 3.74. The fourth-order valence-corrected chi connectivity index (χ4v) is 6.26. The van der Waals surface area contributed by atoms with Crippen LogP contribution >= 0.6 is 67.8 Å². The molecule has 0 saturated heterocycles. The van der Waals surface area contributed by atoms with Crippen molar-refractivity contribution in [1.29, 1.82) is 0 Å². The molecule has 0 atom stereocenters. The third kappa shape index (κ3) is 7.80. The van der Waals surface area contributed by atoms with Gasteiger partial charge in [-0.1, -0.05) is 0 Å². The summed E-state index contributed by atoms with van der Waals surface area (Å²) in [5.74, 6) is -1.27.